The van der Waals surface area contributed by atoms with Gasteiger partial charge in [-0.2, -0.15) is 0 Å². The minimum Gasteiger partial charge on any atom is -0.493 e. The first-order valence-electron chi connectivity index (χ1n) is 7.84. The number of rotatable bonds is 10. The van der Waals surface area contributed by atoms with Crippen LogP contribution in [-0.4, -0.2) is 12.4 Å². The fourth-order valence-corrected chi connectivity index (χ4v) is 3.12. The van der Waals surface area contributed by atoms with Crippen molar-refractivity contribution in [1.82, 2.24) is 0 Å². The summed E-state index contributed by atoms with van der Waals surface area (Å²) < 4.78 is 6.07. The summed E-state index contributed by atoms with van der Waals surface area (Å²) in [6, 6.07) is 6.26. The lowest BCUT2D eigenvalue weighted by atomic mass is 10.0. The molecule has 1 atom stereocenters. The van der Waals surface area contributed by atoms with Gasteiger partial charge in [-0.1, -0.05) is 46.1 Å². The maximum Gasteiger partial charge on any atom is 0.124 e. The third kappa shape index (κ3) is 5.37. The maximum atomic E-state index is 6.07. The van der Waals surface area contributed by atoms with Crippen LogP contribution in [0, 0.1) is 5.92 Å². The predicted molar refractivity (Wildman–Crippen MR) is 89.5 cm³/mol. The molecule has 0 aromatic heterocycles. The Bertz CT molecular complexity index is 381. The Hall–Kier alpha value is -0.670. The van der Waals surface area contributed by atoms with Gasteiger partial charge in [0.25, 0.3) is 0 Å². The Morgan fingerprint density at radius 1 is 1.25 bits per heavy atom. The quantitative estimate of drug-likeness (QED) is 0.627. The average Bonchev–Trinajstić information content (AvgIpc) is 2.48. The summed E-state index contributed by atoms with van der Waals surface area (Å²) in [5.74, 6) is 2.69. The van der Waals surface area contributed by atoms with Gasteiger partial charge in [-0.05, 0) is 30.2 Å². The minimum atomic E-state index is 0.546. The lowest BCUT2D eigenvalue weighted by Crippen LogP contribution is -2.13. The first-order valence-corrected chi connectivity index (χ1v) is 8.82. The summed E-state index contributed by atoms with van der Waals surface area (Å²) in [7, 11) is 0. The molecule has 0 aliphatic rings. The smallest absolute Gasteiger partial charge is 0.124 e. The van der Waals surface area contributed by atoms with Crippen LogP contribution in [0.2, 0.25) is 0 Å². The highest BCUT2D eigenvalue weighted by atomic mass is 32.2. The van der Waals surface area contributed by atoms with Gasteiger partial charge in [0.05, 0.1) is 6.61 Å². The van der Waals surface area contributed by atoms with Crippen molar-refractivity contribution in [1.29, 1.82) is 0 Å². The van der Waals surface area contributed by atoms with Crippen molar-refractivity contribution in [2.45, 2.75) is 57.9 Å². The molecule has 1 unspecified atom stereocenters. The monoisotopic (exact) mass is 295 g/mol. The van der Waals surface area contributed by atoms with Crippen molar-refractivity contribution in [3.05, 3.63) is 23.8 Å². The van der Waals surface area contributed by atoms with E-state index >= 15 is 0 Å². The number of nitrogens with two attached hydrogens (primary N) is 1. The molecule has 3 heteroatoms. The van der Waals surface area contributed by atoms with Crippen molar-refractivity contribution >= 4 is 11.8 Å². The molecule has 0 spiro atoms. The molecule has 1 aromatic carbocycles. The molecule has 1 aromatic rings. The number of ether oxygens (including phenoxy) is 1. The molecule has 0 radical (unpaired) electrons. The molecule has 114 valence electrons. The zero-order chi connectivity index (χ0) is 14.8. The van der Waals surface area contributed by atoms with Gasteiger partial charge >= 0.3 is 0 Å². The van der Waals surface area contributed by atoms with Crippen molar-refractivity contribution in [2.24, 2.45) is 11.7 Å². The van der Waals surface area contributed by atoms with E-state index in [0.29, 0.717) is 12.5 Å². The van der Waals surface area contributed by atoms with Crippen LogP contribution in [0.1, 0.15) is 52.0 Å². The molecular formula is C17H29NOS. The van der Waals surface area contributed by atoms with Gasteiger partial charge in [-0.25, -0.2) is 0 Å². The van der Waals surface area contributed by atoms with Crippen LogP contribution < -0.4 is 10.5 Å². The molecule has 2 nitrogen and oxygen atoms in total. The van der Waals surface area contributed by atoms with Crippen LogP contribution in [0.25, 0.3) is 0 Å². The zero-order valence-electron chi connectivity index (χ0n) is 13.2. The topological polar surface area (TPSA) is 35.2 Å². The molecule has 20 heavy (non-hydrogen) atoms. The Balaban J connectivity index is 2.68. The molecule has 2 N–H and O–H groups in total. The summed E-state index contributed by atoms with van der Waals surface area (Å²) in [6.07, 6.45) is 4.99. The van der Waals surface area contributed by atoms with Gasteiger partial charge in [0.2, 0.25) is 0 Å². The Kier molecular flexibility index (Phi) is 8.79. The van der Waals surface area contributed by atoms with Crippen LogP contribution in [-0.2, 0) is 6.54 Å². The highest BCUT2D eigenvalue weighted by molar-refractivity contribution is 7.99. The summed E-state index contributed by atoms with van der Waals surface area (Å²) in [5, 5.41) is 0. The summed E-state index contributed by atoms with van der Waals surface area (Å²) in [6.45, 7) is 8.01. The molecular weight excluding hydrogens is 266 g/mol. The van der Waals surface area contributed by atoms with Crippen molar-refractivity contribution < 1.29 is 4.74 Å². The number of unbranched alkanes of at least 4 members (excludes halogenated alkanes) is 1. The number of benzene rings is 1. The standard InChI is InChI=1S/C17H29NOS/c1-4-7-9-14(5-2)13-19-16-10-8-11-17(20-6-3)15(16)12-18/h8,10-11,14H,4-7,9,12-13,18H2,1-3H3. The Morgan fingerprint density at radius 2 is 2.05 bits per heavy atom. The van der Waals surface area contributed by atoms with Crippen molar-refractivity contribution in [3.63, 3.8) is 0 Å². The zero-order valence-corrected chi connectivity index (χ0v) is 14.0. The van der Waals surface area contributed by atoms with Crippen LogP contribution in [0.3, 0.4) is 0 Å². The van der Waals surface area contributed by atoms with Crippen LogP contribution >= 0.6 is 11.8 Å². The van der Waals surface area contributed by atoms with E-state index in [9.17, 15) is 0 Å². The normalized spacial score (nSPS) is 12.4. The molecule has 0 heterocycles. The van der Waals surface area contributed by atoms with Gasteiger partial charge < -0.3 is 10.5 Å². The van der Waals surface area contributed by atoms with E-state index < -0.39 is 0 Å². The van der Waals surface area contributed by atoms with E-state index in [-0.39, 0.29) is 0 Å². The summed E-state index contributed by atoms with van der Waals surface area (Å²) in [5.41, 5.74) is 7.06. The van der Waals surface area contributed by atoms with Gasteiger partial charge in [-0.15, -0.1) is 11.8 Å². The molecule has 0 fully saturated rings. The van der Waals surface area contributed by atoms with E-state index in [2.05, 4.69) is 39.0 Å². The summed E-state index contributed by atoms with van der Waals surface area (Å²) >= 11 is 1.83. The minimum absolute atomic E-state index is 0.546. The number of thioether (sulfide) groups is 1. The molecule has 1 rings (SSSR count). The molecule has 0 aliphatic heterocycles. The SMILES string of the molecule is CCCCC(CC)COc1cccc(SCC)c1CN. The van der Waals surface area contributed by atoms with Crippen molar-refractivity contribution in [3.8, 4) is 5.75 Å². The second-order valence-corrected chi connectivity index (χ2v) is 6.40. The van der Waals surface area contributed by atoms with E-state index in [1.165, 1.54) is 30.6 Å². The van der Waals surface area contributed by atoms with E-state index in [4.69, 9.17) is 10.5 Å². The summed E-state index contributed by atoms with van der Waals surface area (Å²) in [4.78, 5) is 1.26. The number of hydrogen-bond acceptors (Lipinski definition) is 3. The molecule has 0 amide bonds. The predicted octanol–water partition coefficient (Wildman–Crippen LogP) is 4.85. The van der Waals surface area contributed by atoms with Crippen molar-refractivity contribution in [2.75, 3.05) is 12.4 Å². The average molecular weight is 295 g/mol. The van der Waals surface area contributed by atoms with E-state index in [0.717, 1.165) is 23.7 Å². The fourth-order valence-electron chi connectivity index (χ4n) is 2.28. The lowest BCUT2D eigenvalue weighted by molar-refractivity contribution is 0.231. The van der Waals surface area contributed by atoms with Crippen LogP contribution in [0.5, 0.6) is 5.75 Å². The van der Waals surface area contributed by atoms with Gasteiger partial charge in [0, 0.05) is 17.0 Å². The van der Waals surface area contributed by atoms with E-state index in [1.54, 1.807) is 0 Å². The van der Waals surface area contributed by atoms with Gasteiger partial charge in [0.15, 0.2) is 0 Å². The molecule has 0 saturated carbocycles. The van der Waals surface area contributed by atoms with Gasteiger partial charge in [-0.3, -0.25) is 0 Å². The second-order valence-electron chi connectivity index (χ2n) is 5.10. The number of hydrogen-bond donors (Lipinski definition) is 1. The third-order valence-electron chi connectivity index (χ3n) is 3.61. The Labute approximate surface area is 128 Å². The fraction of sp³-hybridized carbons (Fsp3) is 0.647. The third-order valence-corrected chi connectivity index (χ3v) is 4.59. The molecule has 0 bridgehead atoms. The second kappa shape index (κ2) is 10.1. The largest absolute Gasteiger partial charge is 0.493 e. The first kappa shape index (κ1) is 17.4. The maximum absolute atomic E-state index is 6.07. The van der Waals surface area contributed by atoms with E-state index in [1.807, 2.05) is 11.8 Å². The first-order chi connectivity index (χ1) is 9.76. The lowest BCUT2D eigenvalue weighted by Gasteiger charge is -2.18. The van der Waals surface area contributed by atoms with Crippen LogP contribution in [0.4, 0.5) is 0 Å². The highest BCUT2D eigenvalue weighted by Gasteiger charge is 2.11. The highest BCUT2D eigenvalue weighted by Crippen LogP contribution is 2.30. The van der Waals surface area contributed by atoms with Gasteiger partial charge in [0.1, 0.15) is 5.75 Å². The van der Waals surface area contributed by atoms with Crippen LogP contribution in [0.15, 0.2) is 23.1 Å². The molecule has 0 aliphatic carbocycles. The Morgan fingerprint density at radius 3 is 2.65 bits per heavy atom. The molecule has 0 saturated heterocycles.